The molecule has 0 radical (unpaired) electrons. The van der Waals surface area contributed by atoms with Crippen LogP contribution in [0.4, 0.5) is 0 Å². The van der Waals surface area contributed by atoms with Crippen molar-refractivity contribution in [2.75, 3.05) is 5.33 Å². The highest BCUT2D eigenvalue weighted by Crippen LogP contribution is 2.16. The van der Waals surface area contributed by atoms with Gasteiger partial charge in [-0.25, -0.2) is 0 Å². The molecule has 0 aromatic heterocycles. The molecule has 0 fully saturated rings. The Morgan fingerprint density at radius 3 is 1.92 bits per heavy atom. The molecule has 0 bridgehead atoms. The van der Waals surface area contributed by atoms with Crippen molar-refractivity contribution in [3.63, 3.8) is 0 Å². The molecule has 0 atom stereocenters. The molecule has 12 heavy (non-hydrogen) atoms. The maximum atomic E-state index is 11.0. The van der Waals surface area contributed by atoms with Crippen molar-refractivity contribution in [2.45, 2.75) is 33.8 Å². The van der Waals surface area contributed by atoms with Crippen LogP contribution in [0.2, 0.25) is 0 Å². The zero-order valence-corrected chi connectivity index (χ0v) is 9.72. The van der Waals surface area contributed by atoms with Gasteiger partial charge in [0, 0.05) is 0 Å². The Labute approximate surface area is 82.8 Å². The molecule has 0 N–H and O–H groups in total. The fourth-order valence-corrected chi connectivity index (χ4v) is 1.36. The lowest BCUT2D eigenvalue weighted by molar-refractivity contribution is -0.150. The van der Waals surface area contributed by atoms with E-state index < -0.39 is 0 Å². The van der Waals surface area contributed by atoms with Gasteiger partial charge in [-0.05, 0) is 11.8 Å². The number of hydrogen-bond acceptors (Lipinski definition) is 2. The second-order valence-corrected chi connectivity index (χ2v) is 4.14. The molecule has 0 spiro atoms. The van der Waals surface area contributed by atoms with Gasteiger partial charge < -0.3 is 4.74 Å². The first-order chi connectivity index (χ1) is 5.49. The summed E-state index contributed by atoms with van der Waals surface area (Å²) < 4.78 is 5.24. The van der Waals surface area contributed by atoms with Crippen molar-refractivity contribution in [3.05, 3.63) is 0 Å². The average Bonchev–Trinajstić information content (AvgIpc) is 1.98. The van der Waals surface area contributed by atoms with Crippen LogP contribution in [0.3, 0.4) is 0 Å². The molecule has 0 aliphatic heterocycles. The van der Waals surface area contributed by atoms with Crippen LogP contribution >= 0.6 is 15.9 Å². The summed E-state index contributed by atoms with van der Waals surface area (Å²) in [7, 11) is 0. The van der Waals surface area contributed by atoms with Gasteiger partial charge in [-0.2, -0.15) is 0 Å². The van der Waals surface area contributed by atoms with Gasteiger partial charge in [-0.15, -0.1) is 0 Å². The number of ether oxygens (including phenoxy) is 1. The standard InChI is InChI=1S/C9H17BrO2/c1-6(2)9(7(3)4)12-8(11)5-10/h6-7,9H,5H2,1-4H3. The normalized spacial score (nSPS) is 11.3. The van der Waals surface area contributed by atoms with E-state index in [1.807, 2.05) is 0 Å². The van der Waals surface area contributed by atoms with Gasteiger partial charge in [0.1, 0.15) is 11.4 Å². The van der Waals surface area contributed by atoms with E-state index in [0.717, 1.165) is 0 Å². The van der Waals surface area contributed by atoms with Gasteiger partial charge in [-0.1, -0.05) is 43.6 Å². The van der Waals surface area contributed by atoms with Gasteiger partial charge in [0.15, 0.2) is 0 Å². The Kier molecular flexibility index (Phi) is 5.55. The van der Waals surface area contributed by atoms with Crippen LogP contribution in [0.15, 0.2) is 0 Å². The predicted molar refractivity (Wildman–Crippen MR) is 53.4 cm³/mol. The van der Waals surface area contributed by atoms with E-state index in [4.69, 9.17) is 4.74 Å². The van der Waals surface area contributed by atoms with Crippen LogP contribution < -0.4 is 0 Å². The third-order valence-electron chi connectivity index (χ3n) is 1.69. The number of esters is 1. The highest BCUT2D eigenvalue weighted by molar-refractivity contribution is 9.09. The van der Waals surface area contributed by atoms with Crippen molar-refractivity contribution in [3.8, 4) is 0 Å². The Morgan fingerprint density at radius 2 is 1.67 bits per heavy atom. The summed E-state index contributed by atoms with van der Waals surface area (Å²) in [5.74, 6) is 0.586. The Balaban J connectivity index is 4.05. The summed E-state index contributed by atoms with van der Waals surface area (Å²) >= 11 is 3.07. The Hall–Kier alpha value is -0.0500. The summed E-state index contributed by atoms with van der Waals surface area (Å²) in [6.07, 6.45) is 0.0371. The molecule has 0 saturated heterocycles. The largest absolute Gasteiger partial charge is 0.461 e. The molecule has 2 nitrogen and oxygen atoms in total. The maximum Gasteiger partial charge on any atom is 0.316 e. The fourth-order valence-electron chi connectivity index (χ4n) is 1.23. The number of halogens is 1. The first-order valence-electron chi connectivity index (χ1n) is 4.24. The number of alkyl halides is 1. The van der Waals surface area contributed by atoms with Gasteiger partial charge in [0.05, 0.1) is 0 Å². The first kappa shape index (κ1) is 11.9. The molecular weight excluding hydrogens is 220 g/mol. The van der Waals surface area contributed by atoms with E-state index in [0.29, 0.717) is 11.8 Å². The van der Waals surface area contributed by atoms with E-state index >= 15 is 0 Å². The molecule has 0 aliphatic rings. The number of carbonyl (C=O) groups is 1. The lowest BCUT2D eigenvalue weighted by Gasteiger charge is -2.24. The molecule has 0 aliphatic carbocycles. The zero-order valence-electron chi connectivity index (χ0n) is 8.13. The van der Waals surface area contributed by atoms with E-state index in [-0.39, 0.29) is 17.4 Å². The summed E-state index contributed by atoms with van der Waals surface area (Å²) in [4.78, 5) is 11.0. The number of hydrogen-bond donors (Lipinski definition) is 0. The number of carbonyl (C=O) groups excluding carboxylic acids is 1. The summed E-state index contributed by atoms with van der Waals surface area (Å²) in [6.45, 7) is 8.25. The lowest BCUT2D eigenvalue weighted by atomic mass is 9.96. The van der Waals surface area contributed by atoms with Crippen LogP contribution in [0, 0.1) is 11.8 Å². The van der Waals surface area contributed by atoms with E-state index in [9.17, 15) is 4.79 Å². The fraction of sp³-hybridized carbons (Fsp3) is 0.889. The van der Waals surface area contributed by atoms with E-state index in [1.165, 1.54) is 0 Å². The quantitative estimate of drug-likeness (QED) is 0.555. The van der Waals surface area contributed by atoms with Crippen molar-refractivity contribution in [1.82, 2.24) is 0 Å². The smallest absolute Gasteiger partial charge is 0.316 e. The molecule has 0 amide bonds. The van der Waals surface area contributed by atoms with Gasteiger partial charge >= 0.3 is 5.97 Å². The minimum atomic E-state index is -0.178. The molecular formula is C9H17BrO2. The maximum absolute atomic E-state index is 11.0. The molecule has 0 rings (SSSR count). The average molecular weight is 237 g/mol. The van der Waals surface area contributed by atoms with Crippen LogP contribution in [-0.4, -0.2) is 17.4 Å². The predicted octanol–water partition coefficient (Wildman–Crippen LogP) is 2.61. The zero-order chi connectivity index (χ0) is 9.72. The summed E-state index contributed by atoms with van der Waals surface area (Å²) in [5.41, 5.74) is 0. The molecule has 0 aromatic carbocycles. The number of rotatable bonds is 4. The monoisotopic (exact) mass is 236 g/mol. The molecule has 0 aromatic rings. The van der Waals surface area contributed by atoms with Crippen LogP contribution in [0.25, 0.3) is 0 Å². The van der Waals surface area contributed by atoms with E-state index in [1.54, 1.807) is 0 Å². The van der Waals surface area contributed by atoms with Crippen LogP contribution in [0.5, 0.6) is 0 Å². The summed E-state index contributed by atoms with van der Waals surface area (Å²) in [6, 6.07) is 0. The minimum Gasteiger partial charge on any atom is -0.461 e. The Bertz CT molecular complexity index is 135. The minimum absolute atomic E-state index is 0.0371. The lowest BCUT2D eigenvalue weighted by Crippen LogP contribution is -2.29. The molecule has 0 unspecified atom stereocenters. The van der Waals surface area contributed by atoms with Crippen LogP contribution in [0.1, 0.15) is 27.7 Å². The Morgan fingerprint density at radius 1 is 1.25 bits per heavy atom. The van der Waals surface area contributed by atoms with Crippen molar-refractivity contribution >= 4 is 21.9 Å². The topological polar surface area (TPSA) is 26.3 Å². The SMILES string of the molecule is CC(C)C(OC(=O)CBr)C(C)C. The first-order valence-corrected chi connectivity index (χ1v) is 5.36. The van der Waals surface area contributed by atoms with Crippen molar-refractivity contribution < 1.29 is 9.53 Å². The van der Waals surface area contributed by atoms with Crippen LogP contribution in [-0.2, 0) is 9.53 Å². The van der Waals surface area contributed by atoms with Gasteiger partial charge in [-0.3, -0.25) is 4.79 Å². The second kappa shape index (κ2) is 5.57. The molecule has 0 saturated carbocycles. The molecule has 0 heterocycles. The van der Waals surface area contributed by atoms with Gasteiger partial charge in [0.25, 0.3) is 0 Å². The van der Waals surface area contributed by atoms with E-state index in [2.05, 4.69) is 43.6 Å². The van der Waals surface area contributed by atoms with Crippen molar-refractivity contribution in [2.24, 2.45) is 11.8 Å². The molecule has 72 valence electrons. The third kappa shape index (κ3) is 4.10. The van der Waals surface area contributed by atoms with Crippen molar-refractivity contribution in [1.29, 1.82) is 0 Å². The third-order valence-corrected chi connectivity index (χ3v) is 2.15. The molecule has 3 heteroatoms. The van der Waals surface area contributed by atoms with Gasteiger partial charge in [0.2, 0.25) is 0 Å². The second-order valence-electron chi connectivity index (χ2n) is 3.58. The summed E-state index contributed by atoms with van der Waals surface area (Å²) in [5, 5.41) is 0.281. The highest BCUT2D eigenvalue weighted by atomic mass is 79.9. The highest BCUT2D eigenvalue weighted by Gasteiger charge is 2.20.